The van der Waals surface area contributed by atoms with Crippen LogP contribution in [0.15, 0.2) is 12.4 Å². The van der Waals surface area contributed by atoms with E-state index in [-0.39, 0.29) is 5.84 Å². The van der Waals surface area contributed by atoms with Gasteiger partial charge in [0, 0.05) is 12.4 Å². The van der Waals surface area contributed by atoms with Gasteiger partial charge in [0.05, 0.1) is 12.2 Å². The highest BCUT2D eigenvalue weighted by Gasteiger charge is 1.98. The second kappa shape index (κ2) is 3.66. The number of rotatable bonds is 3. The van der Waals surface area contributed by atoms with Crippen LogP contribution in [-0.2, 0) is 0 Å². The van der Waals surface area contributed by atoms with E-state index in [9.17, 15) is 0 Å². The Morgan fingerprint density at radius 3 is 2.58 bits per heavy atom. The van der Waals surface area contributed by atoms with Gasteiger partial charge in [-0.25, -0.2) is 9.97 Å². The first-order valence-corrected chi connectivity index (χ1v) is 3.53. The molecule has 0 atom stereocenters. The molecule has 12 heavy (non-hydrogen) atoms. The predicted octanol–water partition coefficient (Wildman–Crippen LogP) is 0.159. The highest BCUT2D eigenvalue weighted by molar-refractivity contribution is 5.94. The molecule has 0 amide bonds. The molecule has 0 fully saturated rings. The summed E-state index contributed by atoms with van der Waals surface area (Å²) in [5.74, 6) is -0.0435. The average molecular weight is 166 g/mol. The van der Waals surface area contributed by atoms with E-state index in [1.54, 1.807) is 0 Å². The van der Waals surface area contributed by atoms with Crippen LogP contribution in [-0.4, -0.2) is 22.4 Å². The van der Waals surface area contributed by atoms with Crippen molar-refractivity contribution in [2.75, 3.05) is 6.61 Å². The third kappa shape index (κ3) is 1.91. The van der Waals surface area contributed by atoms with Gasteiger partial charge >= 0.3 is 6.01 Å². The molecule has 1 heterocycles. The number of hydrogen-bond acceptors (Lipinski definition) is 4. The normalized spacial score (nSPS) is 9.42. The van der Waals surface area contributed by atoms with Gasteiger partial charge in [0.25, 0.3) is 0 Å². The third-order valence-electron chi connectivity index (χ3n) is 1.21. The molecule has 1 aromatic heterocycles. The lowest BCUT2D eigenvalue weighted by molar-refractivity contribution is 0.312. The number of nitrogens with two attached hydrogens (primary N) is 1. The summed E-state index contributed by atoms with van der Waals surface area (Å²) in [6.45, 7) is 2.38. The largest absolute Gasteiger partial charge is 0.464 e. The highest BCUT2D eigenvalue weighted by Crippen LogP contribution is 2.00. The van der Waals surface area contributed by atoms with Gasteiger partial charge in [-0.2, -0.15) is 0 Å². The summed E-state index contributed by atoms with van der Waals surface area (Å²) in [7, 11) is 0. The molecule has 5 heteroatoms. The molecule has 0 radical (unpaired) electrons. The fourth-order valence-corrected chi connectivity index (χ4v) is 0.659. The van der Waals surface area contributed by atoms with Crippen LogP contribution < -0.4 is 10.5 Å². The van der Waals surface area contributed by atoms with E-state index in [0.717, 1.165) is 0 Å². The molecule has 0 bridgehead atoms. The van der Waals surface area contributed by atoms with E-state index in [1.807, 2.05) is 6.92 Å². The minimum absolute atomic E-state index is 0.0435. The van der Waals surface area contributed by atoms with Crippen molar-refractivity contribution in [1.82, 2.24) is 9.97 Å². The van der Waals surface area contributed by atoms with E-state index >= 15 is 0 Å². The van der Waals surface area contributed by atoms with Crippen LogP contribution in [0.2, 0.25) is 0 Å². The summed E-state index contributed by atoms with van der Waals surface area (Å²) in [5.41, 5.74) is 5.70. The van der Waals surface area contributed by atoms with Gasteiger partial charge in [-0.05, 0) is 6.92 Å². The third-order valence-corrected chi connectivity index (χ3v) is 1.21. The van der Waals surface area contributed by atoms with Crippen LogP contribution in [0, 0.1) is 5.41 Å². The molecule has 0 aromatic carbocycles. The zero-order valence-corrected chi connectivity index (χ0v) is 6.74. The maximum atomic E-state index is 7.06. The fraction of sp³-hybridized carbons (Fsp3) is 0.286. The Morgan fingerprint density at radius 2 is 2.17 bits per heavy atom. The molecule has 5 nitrogen and oxygen atoms in total. The van der Waals surface area contributed by atoms with Gasteiger partial charge in [-0.15, -0.1) is 0 Å². The van der Waals surface area contributed by atoms with Crippen molar-refractivity contribution in [2.24, 2.45) is 5.73 Å². The number of nitrogen functional groups attached to an aromatic ring is 1. The molecule has 0 aliphatic rings. The van der Waals surface area contributed by atoms with Crippen molar-refractivity contribution in [2.45, 2.75) is 6.92 Å². The predicted molar refractivity (Wildman–Crippen MR) is 44.2 cm³/mol. The summed E-state index contributed by atoms with van der Waals surface area (Å²) in [4.78, 5) is 7.67. The number of nitrogens with one attached hydrogen (secondary N) is 1. The number of amidine groups is 1. The Bertz CT molecular complexity index is 269. The van der Waals surface area contributed by atoms with E-state index < -0.39 is 0 Å². The first kappa shape index (κ1) is 8.45. The Kier molecular flexibility index (Phi) is 2.57. The molecule has 0 saturated carbocycles. The van der Waals surface area contributed by atoms with Crippen molar-refractivity contribution >= 4 is 5.84 Å². The number of ether oxygens (including phenoxy) is 1. The first-order chi connectivity index (χ1) is 5.74. The van der Waals surface area contributed by atoms with Crippen molar-refractivity contribution in [3.05, 3.63) is 18.0 Å². The Morgan fingerprint density at radius 1 is 1.58 bits per heavy atom. The Balaban J connectivity index is 2.78. The van der Waals surface area contributed by atoms with Gasteiger partial charge in [-0.3, -0.25) is 5.41 Å². The zero-order valence-electron chi connectivity index (χ0n) is 6.74. The van der Waals surface area contributed by atoms with Crippen LogP contribution in [0.4, 0.5) is 0 Å². The number of aromatic nitrogens is 2. The lowest BCUT2D eigenvalue weighted by Crippen LogP contribution is -2.12. The maximum Gasteiger partial charge on any atom is 0.316 e. The van der Waals surface area contributed by atoms with Gasteiger partial charge in [0.1, 0.15) is 5.84 Å². The minimum atomic E-state index is -0.0435. The van der Waals surface area contributed by atoms with Crippen LogP contribution in [0.25, 0.3) is 0 Å². The molecule has 0 spiro atoms. The van der Waals surface area contributed by atoms with E-state index in [0.29, 0.717) is 18.2 Å². The SMILES string of the molecule is CCOc1ncc(C(=N)N)cn1. The first-order valence-electron chi connectivity index (χ1n) is 3.53. The quantitative estimate of drug-likeness (QED) is 0.494. The lowest BCUT2D eigenvalue weighted by Gasteiger charge is -2.00. The van der Waals surface area contributed by atoms with E-state index in [2.05, 4.69) is 9.97 Å². The van der Waals surface area contributed by atoms with Gasteiger partial charge in [0.15, 0.2) is 0 Å². The number of nitrogens with zero attached hydrogens (tertiary/aromatic N) is 2. The summed E-state index contributed by atoms with van der Waals surface area (Å²) in [5, 5.41) is 7.06. The molecule has 0 saturated heterocycles. The molecular formula is C7H10N4O. The molecule has 0 unspecified atom stereocenters. The molecule has 0 aliphatic carbocycles. The van der Waals surface area contributed by atoms with E-state index in [4.69, 9.17) is 15.9 Å². The summed E-state index contributed by atoms with van der Waals surface area (Å²) >= 11 is 0. The van der Waals surface area contributed by atoms with Crippen molar-refractivity contribution in [3.63, 3.8) is 0 Å². The van der Waals surface area contributed by atoms with Gasteiger partial charge in [0.2, 0.25) is 0 Å². The molecule has 3 N–H and O–H groups in total. The molecule has 64 valence electrons. The molecule has 0 aliphatic heterocycles. The van der Waals surface area contributed by atoms with E-state index in [1.165, 1.54) is 12.4 Å². The highest BCUT2D eigenvalue weighted by atomic mass is 16.5. The Hall–Kier alpha value is -1.65. The molecule has 1 aromatic rings. The maximum absolute atomic E-state index is 7.06. The summed E-state index contributed by atoms with van der Waals surface area (Å²) in [6, 6.07) is 0.308. The number of hydrogen-bond donors (Lipinski definition) is 2. The zero-order chi connectivity index (χ0) is 8.97. The second-order valence-electron chi connectivity index (χ2n) is 2.10. The monoisotopic (exact) mass is 166 g/mol. The summed E-state index contributed by atoms with van der Waals surface area (Å²) < 4.78 is 5.01. The standard InChI is InChI=1S/C7H10N4O/c1-2-12-7-10-3-5(4-11-7)6(8)9/h3-4H,2H2,1H3,(H3,8,9). The minimum Gasteiger partial charge on any atom is -0.464 e. The van der Waals surface area contributed by atoms with Crippen LogP contribution in [0.5, 0.6) is 6.01 Å². The van der Waals surface area contributed by atoms with Crippen LogP contribution in [0.3, 0.4) is 0 Å². The van der Waals surface area contributed by atoms with Crippen molar-refractivity contribution < 1.29 is 4.74 Å². The van der Waals surface area contributed by atoms with Gasteiger partial charge < -0.3 is 10.5 Å². The Labute approximate surface area is 70.1 Å². The lowest BCUT2D eigenvalue weighted by atomic mass is 10.3. The van der Waals surface area contributed by atoms with Crippen molar-refractivity contribution in [3.8, 4) is 6.01 Å². The fourth-order valence-electron chi connectivity index (χ4n) is 0.659. The smallest absolute Gasteiger partial charge is 0.316 e. The average Bonchev–Trinajstić information content (AvgIpc) is 2.06. The molecular weight excluding hydrogens is 156 g/mol. The second-order valence-corrected chi connectivity index (χ2v) is 2.10. The van der Waals surface area contributed by atoms with Gasteiger partial charge in [-0.1, -0.05) is 0 Å². The van der Waals surface area contributed by atoms with Crippen LogP contribution in [0.1, 0.15) is 12.5 Å². The van der Waals surface area contributed by atoms with Crippen molar-refractivity contribution in [1.29, 1.82) is 5.41 Å². The topological polar surface area (TPSA) is 84.9 Å². The van der Waals surface area contributed by atoms with Crippen LogP contribution >= 0.6 is 0 Å². The molecule has 1 rings (SSSR count). The summed E-state index contributed by atoms with van der Waals surface area (Å²) in [6.07, 6.45) is 2.92.